The summed E-state index contributed by atoms with van der Waals surface area (Å²) in [5.74, 6) is 1.06. The van der Waals surface area contributed by atoms with Crippen molar-refractivity contribution in [3.8, 4) is 0 Å². The van der Waals surface area contributed by atoms with E-state index < -0.39 is 22.0 Å². The molecule has 0 radical (unpaired) electrons. The summed E-state index contributed by atoms with van der Waals surface area (Å²) in [6.45, 7) is 6.35. The summed E-state index contributed by atoms with van der Waals surface area (Å²) in [6.07, 6.45) is 2.84. The maximum absolute atomic E-state index is 10.7. The Morgan fingerprint density at radius 2 is 1.20 bits per heavy atom. The molecule has 0 atom stereocenters. The molecule has 0 N–H and O–H groups in total. The van der Waals surface area contributed by atoms with Gasteiger partial charge in [0.15, 0.2) is 0 Å². The van der Waals surface area contributed by atoms with Crippen LogP contribution in [0.2, 0.25) is 0 Å². The van der Waals surface area contributed by atoms with E-state index in [4.69, 9.17) is 6.15 Å². The van der Waals surface area contributed by atoms with Crippen molar-refractivity contribution in [2.45, 2.75) is 27.7 Å². The van der Waals surface area contributed by atoms with E-state index in [1.807, 2.05) is 0 Å². The van der Waals surface area contributed by atoms with E-state index in [-0.39, 0.29) is 11.6 Å². The number of carbonyl (C=O) groups is 2. The van der Waals surface area contributed by atoms with Crippen LogP contribution in [0.4, 0.5) is 0 Å². The number of allylic oxidation sites excluding steroid dienone is 4. The fourth-order valence-corrected chi connectivity index (χ4v) is 2.58. The predicted octanol–water partition coefficient (Wildman–Crippen LogP) is 1.00. The van der Waals surface area contributed by atoms with Crippen LogP contribution in [-0.4, -0.2) is 33.5 Å². The molecule has 0 bridgehead atoms. The van der Waals surface area contributed by atoms with E-state index in [0.717, 1.165) is 0 Å². The topological polar surface area (TPSA) is 52.6 Å². The fraction of sp³-hybridized carbons (Fsp3) is 0.400. The molecule has 0 spiro atoms. The third-order valence-electron chi connectivity index (χ3n) is 1.39. The Labute approximate surface area is 101 Å². The van der Waals surface area contributed by atoms with Crippen molar-refractivity contribution in [2.75, 3.05) is 0 Å². The van der Waals surface area contributed by atoms with E-state index in [1.54, 1.807) is 13.8 Å². The first kappa shape index (κ1) is 14.2. The zero-order valence-corrected chi connectivity index (χ0v) is 13.5. The molecule has 0 saturated heterocycles. The van der Waals surface area contributed by atoms with E-state index >= 15 is 0 Å². The Morgan fingerprint density at radius 1 is 0.867 bits per heavy atom. The van der Waals surface area contributed by atoms with Gasteiger partial charge in [-0.25, -0.2) is 0 Å². The van der Waals surface area contributed by atoms with Crippen molar-refractivity contribution in [1.82, 2.24) is 0 Å². The van der Waals surface area contributed by atoms with Crippen molar-refractivity contribution in [2.24, 2.45) is 0 Å². The second-order valence-corrected chi connectivity index (χ2v) is 5.46. The molecule has 0 unspecified atom stereocenters. The predicted molar refractivity (Wildman–Crippen MR) is 59.6 cm³/mol. The molecule has 5 heteroatoms. The van der Waals surface area contributed by atoms with Crippen LogP contribution < -0.4 is 0 Å². The van der Waals surface area contributed by atoms with Crippen molar-refractivity contribution in [3.63, 3.8) is 0 Å². The van der Waals surface area contributed by atoms with E-state index in [2.05, 4.69) is 0 Å². The molecule has 0 fully saturated rings. The summed E-state index contributed by atoms with van der Waals surface area (Å²) in [7, 11) is 0. The van der Waals surface area contributed by atoms with Crippen molar-refractivity contribution < 1.29 is 15.7 Å². The van der Waals surface area contributed by atoms with Crippen LogP contribution in [-0.2, 0) is 15.7 Å². The van der Waals surface area contributed by atoms with Crippen LogP contribution >= 0.6 is 0 Å². The number of ketones is 2. The molecule has 0 aromatic carbocycles. The van der Waals surface area contributed by atoms with E-state index in [9.17, 15) is 9.59 Å². The normalized spacial score (nSPS) is 13.1. The summed E-state index contributed by atoms with van der Waals surface area (Å²) in [5, 5.41) is 0. The average molecular weight is 319 g/mol. The molecule has 84 valence electrons. The Morgan fingerprint density at radius 3 is 1.47 bits per heavy atom. The zero-order valence-electron chi connectivity index (χ0n) is 9.49. The Hall–Kier alpha value is -0.781. The summed E-state index contributed by atoms with van der Waals surface area (Å²) >= 11 is -1.83. The summed E-state index contributed by atoms with van der Waals surface area (Å²) < 4.78 is 10.6. The molecule has 4 nitrogen and oxygen atoms in total. The molecule has 0 aliphatic heterocycles. The van der Waals surface area contributed by atoms with Crippen LogP contribution in [0.5, 0.6) is 0 Å². The van der Waals surface area contributed by atoms with Gasteiger partial charge in [0.2, 0.25) is 0 Å². The van der Waals surface area contributed by atoms with Crippen LogP contribution in [0.3, 0.4) is 0 Å². The molecule has 0 aliphatic rings. The molecular formula is C10H16O4Sn. The van der Waals surface area contributed by atoms with Crippen molar-refractivity contribution >= 4 is 33.5 Å². The Kier molecular flexibility index (Phi) is 7.11. The van der Waals surface area contributed by atoms with Crippen molar-refractivity contribution in [1.29, 1.82) is 0 Å². The summed E-state index contributed by atoms with van der Waals surface area (Å²) in [5.41, 5.74) is 0. The van der Waals surface area contributed by atoms with Gasteiger partial charge in [0.25, 0.3) is 0 Å². The Balaban J connectivity index is 3.90. The second-order valence-electron chi connectivity index (χ2n) is 3.14. The van der Waals surface area contributed by atoms with Gasteiger partial charge in [-0.2, -0.15) is 0 Å². The molecule has 0 aromatic rings. The number of hydrogen-bond donors (Lipinski definition) is 0. The number of rotatable bonds is 6. The first-order valence-electron chi connectivity index (χ1n) is 4.55. The molecule has 0 aromatic heterocycles. The van der Waals surface area contributed by atoms with Gasteiger partial charge in [0.1, 0.15) is 0 Å². The van der Waals surface area contributed by atoms with Crippen molar-refractivity contribution in [3.05, 3.63) is 23.7 Å². The number of hydrogen-bond acceptors (Lipinski definition) is 4. The first-order valence-corrected chi connectivity index (χ1v) is 7.84. The standard InChI is InChI=1S/2C5H8O2.Sn.2H/c2*1-4(6)3-5(2)7;;;/h2*3,6H,1-2H3;;;/q;;+2;;/p-2. The maximum atomic E-state index is 10.7. The second kappa shape index (κ2) is 7.50. The molecule has 15 heavy (non-hydrogen) atoms. The third kappa shape index (κ3) is 9.52. The summed E-state index contributed by atoms with van der Waals surface area (Å²) in [4.78, 5) is 21.3. The van der Waals surface area contributed by atoms with Crippen LogP contribution in [0.1, 0.15) is 27.7 Å². The molecular weight excluding hydrogens is 303 g/mol. The van der Waals surface area contributed by atoms with Gasteiger partial charge >= 0.3 is 101 Å². The van der Waals surface area contributed by atoms with Gasteiger partial charge in [-0.3, -0.25) is 0 Å². The molecule has 0 aliphatic carbocycles. The summed E-state index contributed by atoms with van der Waals surface area (Å²) in [6, 6.07) is 0. The molecule has 0 saturated carbocycles. The molecule has 0 amide bonds. The monoisotopic (exact) mass is 320 g/mol. The minimum absolute atomic E-state index is 0.0465. The zero-order chi connectivity index (χ0) is 11.8. The van der Waals surface area contributed by atoms with Crippen LogP contribution in [0, 0.1) is 0 Å². The van der Waals surface area contributed by atoms with Gasteiger partial charge in [0, 0.05) is 0 Å². The average Bonchev–Trinajstić information content (AvgIpc) is 2.00. The van der Waals surface area contributed by atoms with E-state index in [1.165, 1.54) is 26.0 Å². The fourth-order valence-electron chi connectivity index (χ4n) is 0.871. The SMILES string of the molecule is CC(=O)C=C(C)[O][SnH2][O]C(C)=CC(C)=O. The van der Waals surface area contributed by atoms with Crippen LogP contribution in [0.25, 0.3) is 0 Å². The van der Waals surface area contributed by atoms with Gasteiger partial charge in [-0.15, -0.1) is 0 Å². The van der Waals surface area contributed by atoms with Crippen LogP contribution in [0.15, 0.2) is 23.7 Å². The molecule has 0 rings (SSSR count). The van der Waals surface area contributed by atoms with Gasteiger partial charge in [0.05, 0.1) is 0 Å². The van der Waals surface area contributed by atoms with Gasteiger partial charge < -0.3 is 0 Å². The minimum atomic E-state index is -1.83. The first-order chi connectivity index (χ1) is 6.91. The third-order valence-corrected chi connectivity index (χ3v) is 4.66. The van der Waals surface area contributed by atoms with Gasteiger partial charge in [-0.05, 0) is 0 Å². The quantitative estimate of drug-likeness (QED) is 0.416. The Bertz CT molecular complexity index is 275. The van der Waals surface area contributed by atoms with E-state index in [0.29, 0.717) is 11.5 Å². The molecule has 0 heterocycles. The van der Waals surface area contributed by atoms with Gasteiger partial charge in [-0.1, -0.05) is 0 Å². The number of carbonyl (C=O) groups excluding carboxylic acids is 2.